The molecule has 0 spiro atoms. The summed E-state index contributed by atoms with van der Waals surface area (Å²) in [6.45, 7) is 3.41. The number of para-hydroxylation sites is 1. The van der Waals surface area contributed by atoms with E-state index in [0.717, 1.165) is 11.1 Å². The van der Waals surface area contributed by atoms with Gasteiger partial charge in [-0.2, -0.15) is 0 Å². The third-order valence-electron chi connectivity index (χ3n) is 3.48. The van der Waals surface area contributed by atoms with Gasteiger partial charge >= 0.3 is 5.97 Å². The van der Waals surface area contributed by atoms with E-state index in [-0.39, 0.29) is 6.42 Å². The third kappa shape index (κ3) is 4.73. The largest absolute Gasteiger partial charge is 0.452 e. The van der Waals surface area contributed by atoms with Crippen molar-refractivity contribution in [3.8, 4) is 0 Å². The zero-order valence-electron chi connectivity index (χ0n) is 13.3. The van der Waals surface area contributed by atoms with Gasteiger partial charge in [-0.3, -0.25) is 9.59 Å². The van der Waals surface area contributed by atoms with Crippen LogP contribution in [0, 0.1) is 6.92 Å². The number of esters is 1. The lowest BCUT2D eigenvalue weighted by Gasteiger charge is -2.15. The van der Waals surface area contributed by atoms with Crippen LogP contribution < -0.4 is 5.32 Å². The summed E-state index contributed by atoms with van der Waals surface area (Å²) < 4.78 is 5.19. The van der Waals surface area contributed by atoms with Crippen LogP contribution in [0.15, 0.2) is 42.5 Å². The van der Waals surface area contributed by atoms with E-state index in [9.17, 15) is 9.59 Å². The van der Waals surface area contributed by atoms with Gasteiger partial charge in [-0.25, -0.2) is 0 Å². The maximum absolute atomic E-state index is 12.2. The van der Waals surface area contributed by atoms with Gasteiger partial charge in [0, 0.05) is 0 Å². The molecule has 2 rings (SSSR count). The first-order valence-electron chi connectivity index (χ1n) is 7.37. The number of hydrogen-bond donors (Lipinski definition) is 1. The number of aryl methyl sites for hydroxylation is 1. The van der Waals surface area contributed by atoms with Crippen LogP contribution in [0.4, 0.5) is 5.69 Å². The van der Waals surface area contributed by atoms with Gasteiger partial charge in [-0.15, -0.1) is 0 Å². The van der Waals surface area contributed by atoms with Gasteiger partial charge in [-0.1, -0.05) is 53.5 Å². The van der Waals surface area contributed by atoms with E-state index in [0.29, 0.717) is 15.7 Å². The highest BCUT2D eigenvalue weighted by molar-refractivity contribution is 6.39. The van der Waals surface area contributed by atoms with Gasteiger partial charge in [0.05, 0.1) is 22.2 Å². The fourth-order valence-corrected chi connectivity index (χ4v) is 2.59. The molecule has 0 saturated carbocycles. The van der Waals surface area contributed by atoms with E-state index < -0.39 is 18.0 Å². The zero-order chi connectivity index (χ0) is 17.7. The molecule has 2 aromatic rings. The number of rotatable bonds is 5. The molecule has 6 heteroatoms. The SMILES string of the molecule is Cc1ccccc1CC(=O)O[C@H](C)C(=O)Nc1c(Cl)cccc1Cl. The molecular weight excluding hydrogens is 349 g/mol. The van der Waals surface area contributed by atoms with E-state index in [1.165, 1.54) is 6.92 Å². The average molecular weight is 366 g/mol. The van der Waals surface area contributed by atoms with Crippen molar-refractivity contribution in [3.05, 3.63) is 63.6 Å². The first-order chi connectivity index (χ1) is 11.4. The van der Waals surface area contributed by atoms with Gasteiger partial charge < -0.3 is 10.1 Å². The molecule has 0 bridgehead atoms. The Morgan fingerprint density at radius 3 is 2.33 bits per heavy atom. The normalized spacial score (nSPS) is 11.7. The van der Waals surface area contributed by atoms with Crippen LogP contribution in [-0.2, 0) is 20.7 Å². The summed E-state index contributed by atoms with van der Waals surface area (Å²) in [4.78, 5) is 24.2. The van der Waals surface area contributed by atoms with Crippen LogP contribution in [-0.4, -0.2) is 18.0 Å². The number of anilines is 1. The minimum absolute atomic E-state index is 0.108. The number of nitrogens with one attached hydrogen (secondary N) is 1. The molecule has 2 aromatic carbocycles. The number of carbonyl (C=O) groups is 2. The second-order valence-electron chi connectivity index (χ2n) is 5.32. The molecule has 0 saturated heterocycles. The number of halogens is 2. The van der Waals surface area contributed by atoms with Gasteiger partial charge in [0.25, 0.3) is 5.91 Å². The van der Waals surface area contributed by atoms with E-state index in [4.69, 9.17) is 27.9 Å². The van der Waals surface area contributed by atoms with Crippen molar-refractivity contribution < 1.29 is 14.3 Å². The Hall–Kier alpha value is -2.04. The van der Waals surface area contributed by atoms with Gasteiger partial charge in [-0.05, 0) is 37.1 Å². The van der Waals surface area contributed by atoms with Gasteiger partial charge in [0.15, 0.2) is 6.10 Å². The predicted octanol–water partition coefficient (Wildman–Crippen LogP) is 4.41. The van der Waals surface area contributed by atoms with Crippen LogP contribution >= 0.6 is 23.2 Å². The Bertz CT molecular complexity index is 741. The Morgan fingerprint density at radius 2 is 1.71 bits per heavy atom. The average Bonchev–Trinajstić information content (AvgIpc) is 2.53. The van der Waals surface area contributed by atoms with Crippen LogP contribution in [0.5, 0.6) is 0 Å². The number of amides is 1. The van der Waals surface area contributed by atoms with Crippen molar-refractivity contribution in [2.45, 2.75) is 26.4 Å². The van der Waals surface area contributed by atoms with E-state index >= 15 is 0 Å². The van der Waals surface area contributed by atoms with E-state index in [1.54, 1.807) is 18.2 Å². The highest BCUT2D eigenvalue weighted by Crippen LogP contribution is 2.29. The summed E-state index contributed by atoms with van der Waals surface area (Å²) in [6.07, 6.45) is -0.856. The molecule has 1 N–H and O–H groups in total. The molecule has 0 heterocycles. The van der Waals surface area contributed by atoms with Crippen molar-refractivity contribution in [2.24, 2.45) is 0 Å². The molecule has 0 aliphatic carbocycles. The molecule has 4 nitrogen and oxygen atoms in total. The lowest BCUT2D eigenvalue weighted by Crippen LogP contribution is -2.30. The van der Waals surface area contributed by atoms with Gasteiger partial charge in [0.2, 0.25) is 0 Å². The summed E-state index contributed by atoms with van der Waals surface area (Å²) in [5.41, 5.74) is 2.16. The number of carbonyl (C=O) groups excluding carboxylic acids is 2. The zero-order valence-corrected chi connectivity index (χ0v) is 14.8. The molecular formula is C18H17Cl2NO3. The molecule has 0 radical (unpaired) electrons. The third-order valence-corrected chi connectivity index (χ3v) is 4.11. The lowest BCUT2D eigenvalue weighted by atomic mass is 10.1. The van der Waals surface area contributed by atoms with Crippen molar-refractivity contribution in [1.29, 1.82) is 0 Å². The predicted molar refractivity (Wildman–Crippen MR) is 95.5 cm³/mol. The second kappa shape index (κ2) is 8.18. The Kier molecular flexibility index (Phi) is 6.23. The van der Waals surface area contributed by atoms with Crippen LogP contribution in [0.1, 0.15) is 18.1 Å². The van der Waals surface area contributed by atoms with E-state index in [1.807, 2.05) is 31.2 Å². The first-order valence-corrected chi connectivity index (χ1v) is 8.13. The minimum atomic E-state index is -0.964. The van der Waals surface area contributed by atoms with Crippen LogP contribution in [0.2, 0.25) is 10.0 Å². The van der Waals surface area contributed by atoms with Crippen molar-refractivity contribution in [2.75, 3.05) is 5.32 Å². The summed E-state index contributed by atoms with van der Waals surface area (Å²) in [6, 6.07) is 12.4. The van der Waals surface area contributed by atoms with E-state index in [2.05, 4.69) is 5.32 Å². The number of ether oxygens (including phenoxy) is 1. The summed E-state index contributed by atoms with van der Waals surface area (Å²) in [5, 5.41) is 3.21. The molecule has 126 valence electrons. The lowest BCUT2D eigenvalue weighted by molar-refractivity contribution is -0.152. The second-order valence-corrected chi connectivity index (χ2v) is 6.14. The minimum Gasteiger partial charge on any atom is -0.452 e. The summed E-state index contributed by atoms with van der Waals surface area (Å²) in [7, 11) is 0. The first kappa shape index (κ1) is 18.3. The molecule has 0 aromatic heterocycles. The molecule has 0 fully saturated rings. The molecule has 0 unspecified atom stereocenters. The summed E-state index contributed by atoms with van der Waals surface area (Å²) >= 11 is 12.0. The standard InChI is InChI=1S/C18H17Cl2NO3/c1-11-6-3-4-7-13(11)10-16(22)24-12(2)18(23)21-17-14(19)8-5-9-15(17)20/h3-9,12H,10H2,1-2H3,(H,21,23)/t12-/m1/s1. The molecule has 1 amide bonds. The topological polar surface area (TPSA) is 55.4 Å². The summed E-state index contributed by atoms with van der Waals surface area (Å²) in [5.74, 6) is -0.972. The van der Waals surface area contributed by atoms with Gasteiger partial charge in [0.1, 0.15) is 0 Å². The maximum Gasteiger partial charge on any atom is 0.311 e. The fourth-order valence-electron chi connectivity index (χ4n) is 2.10. The quantitative estimate of drug-likeness (QED) is 0.798. The molecule has 1 atom stereocenters. The van der Waals surface area contributed by atoms with Crippen molar-refractivity contribution in [3.63, 3.8) is 0 Å². The highest BCUT2D eigenvalue weighted by Gasteiger charge is 2.20. The number of hydrogen-bond acceptors (Lipinski definition) is 3. The van der Waals surface area contributed by atoms with Crippen molar-refractivity contribution >= 4 is 40.8 Å². The Morgan fingerprint density at radius 1 is 1.08 bits per heavy atom. The van der Waals surface area contributed by atoms with Crippen molar-refractivity contribution in [1.82, 2.24) is 0 Å². The van der Waals surface area contributed by atoms with Crippen LogP contribution in [0.25, 0.3) is 0 Å². The van der Waals surface area contributed by atoms with Crippen LogP contribution in [0.3, 0.4) is 0 Å². The monoisotopic (exact) mass is 365 g/mol. The number of benzene rings is 2. The molecule has 0 aliphatic rings. The fraction of sp³-hybridized carbons (Fsp3) is 0.222. The smallest absolute Gasteiger partial charge is 0.311 e. The Labute approximate surface area is 150 Å². The maximum atomic E-state index is 12.2. The Balaban J connectivity index is 1.96. The molecule has 24 heavy (non-hydrogen) atoms. The highest BCUT2D eigenvalue weighted by atomic mass is 35.5. The molecule has 0 aliphatic heterocycles.